The molecular weight excluding hydrogens is 280 g/mol. The molecule has 1 aliphatic heterocycles. The monoisotopic (exact) mass is 300 g/mol. The maximum Gasteiger partial charge on any atom is 0.462 e. The van der Waals surface area contributed by atoms with Gasteiger partial charge < -0.3 is 9.31 Å². The van der Waals surface area contributed by atoms with Crippen molar-refractivity contribution >= 4 is 7.12 Å². The molecule has 21 heavy (non-hydrogen) atoms. The van der Waals surface area contributed by atoms with Crippen molar-refractivity contribution in [2.45, 2.75) is 58.3 Å². The lowest BCUT2D eigenvalue weighted by Gasteiger charge is -2.32. The Bertz CT molecular complexity index is 522. The van der Waals surface area contributed by atoms with Crippen LogP contribution in [0.5, 0.6) is 0 Å². The first-order valence-corrected chi connectivity index (χ1v) is 6.95. The highest BCUT2D eigenvalue weighted by Crippen LogP contribution is 2.39. The molecule has 0 unspecified atom stereocenters. The second-order valence-corrected chi connectivity index (χ2v) is 6.55. The second kappa shape index (κ2) is 5.02. The van der Waals surface area contributed by atoms with Gasteiger partial charge in [-0.1, -0.05) is 17.7 Å². The Balaban J connectivity index is 2.26. The number of halogens is 3. The van der Waals surface area contributed by atoms with Crippen LogP contribution in [0.25, 0.3) is 0 Å². The molecule has 1 saturated heterocycles. The normalized spacial score (nSPS) is 20.9. The first kappa shape index (κ1) is 16.4. The minimum Gasteiger partial charge on any atom is -0.403 e. The lowest BCUT2D eigenvalue weighted by molar-refractivity contribution is -0.138. The van der Waals surface area contributed by atoms with Crippen LogP contribution < -0.4 is 0 Å². The fraction of sp³-hybridized carbons (Fsp3) is 0.600. The van der Waals surface area contributed by atoms with Crippen LogP contribution in [0, 0.1) is 6.92 Å². The van der Waals surface area contributed by atoms with Crippen molar-refractivity contribution in [1.29, 1.82) is 0 Å². The van der Waals surface area contributed by atoms with E-state index in [0.717, 1.165) is 0 Å². The van der Waals surface area contributed by atoms with E-state index < -0.39 is 30.1 Å². The lowest BCUT2D eigenvalue weighted by Crippen LogP contribution is -2.41. The van der Waals surface area contributed by atoms with Crippen molar-refractivity contribution in [2.24, 2.45) is 0 Å². The Morgan fingerprint density at radius 1 is 1.05 bits per heavy atom. The van der Waals surface area contributed by atoms with E-state index in [1.807, 2.05) is 27.7 Å². The summed E-state index contributed by atoms with van der Waals surface area (Å²) in [6.07, 6.45) is -4.28. The van der Waals surface area contributed by atoms with E-state index in [-0.39, 0.29) is 11.9 Å². The third-order valence-corrected chi connectivity index (χ3v) is 4.26. The molecule has 2 rings (SSSR count). The predicted octanol–water partition coefficient (Wildman–Crippen LogP) is 4.19. The maximum atomic E-state index is 13.1. The average Bonchev–Trinajstić information content (AvgIpc) is 2.48. The minimum absolute atomic E-state index is 0.0853. The van der Waals surface area contributed by atoms with Gasteiger partial charge in [-0.05, 0) is 46.2 Å². The van der Waals surface area contributed by atoms with E-state index in [1.54, 1.807) is 13.0 Å². The molecule has 6 heteroatoms. The van der Waals surface area contributed by atoms with Gasteiger partial charge >= 0.3 is 13.3 Å². The van der Waals surface area contributed by atoms with Gasteiger partial charge in [-0.25, -0.2) is 0 Å². The molecule has 0 radical (unpaired) electrons. The van der Waals surface area contributed by atoms with Gasteiger partial charge in [-0.3, -0.25) is 0 Å². The van der Waals surface area contributed by atoms with Crippen molar-refractivity contribution in [3.8, 4) is 0 Å². The average molecular weight is 300 g/mol. The zero-order chi connectivity index (χ0) is 16.1. The molecule has 1 aliphatic rings. The summed E-state index contributed by atoms with van der Waals surface area (Å²) in [4.78, 5) is 0. The molecule has 0 bridgehead atoms. The van der Waals surface area contributed by atoms with Gasteiger partial charge in [0.25, 0.3) is 0 Å². The molecule has 0 amide bonds. The van der Waals surface area contributed by atoms with Gasteiger partial charge in [0, 0.05) is 6.32 Å². The molecule has 1 fully saturated rings. The molecule has 0 aromatic heterocycles. The molecule has 0 aliphatic carbocycles. The first-order chi connectivity index (χ1) is 9.42. The Hall–Kier alpha value is -1.01. The Morgan fingerprint density at radius 2 is 1.57 bits per heavy atom. The Kier molecular flexibility index (Phi) is 3.91. The topological polar surface area (TPSA) is 18.5 Å². The summed E-state index contributed by atoms with van der Waals surface area (Å²) in [6.45, 7) is 9.17. The number of rotatable bonds is 2. The molecule has 0 spiro atoms. The van der Waals surface area contributed by atoms with Crippen molar-refractivity contribution in [3.63, 3.8) is 0 Å². The van der Waals surface area contributed by atoms with Gasteiger partial charge in [0.1, 0.15) is 0 Å². The summed E-state index contributed by atoms with van der Waals surface area (Å²) >= 11 is 0. The number of aryl methyl sites for hydroxylation is 1. The van der Waals surface area contributed by atoms with Crippen molar-refractivity contribution in [1.82, 2.24) is 0 Å². The van der Waals surface area contributed by atoms with Crippen LogP contribution in [-0.4, -0.2) is 18.3 Å². The fourth-order valence-corrected chi connectivity index (χ4v) is 2.36. The lowest BCUT2D eigenvalue weighted by atomic mass is 9.79. The first-order valence-electron chi connectivity index (χ1n) is 6.95. The van der Waals surface area contributed by atoms with Crippen LogP contribution in [0.1, 0.15) is 44.4 Å². The van der Waals surface area contributed by atoms with Gasteiger partial charge in [-0.2, -0.15) is 13.2 Å². The summed E-state index contributed by atoms with van der Waals surface area (Å²) in [6, 6.07) is 4.35. The van der Waals surface area contributed by atoms with Crippen LogP contribution >= 0.6 is 0 Å². The standard InChI is InChI=1S/C15H20BF3O2/c1-10-6-7-11(12(8-10)15(17,18)19)9-16-20-13(2,3)14(4,5)21-16/h6-8H,9H2,1-5H3. The summed E-state index contributed by atoms with van der Waals surface area (Å²) in [5, 5.41) is 0. The van der Waals surface area contributed by atoms with Gasteiger partial charge in [-0.15, -0.1) is 0 Å². The van der Waals surface area contributed by atoms with Crippen LogP contribution in [0.2, 0.25) is 0 Å². The summed E-state index contributed by atoms with van der Waals surface area (Å²) in [5.41, 5.74) is -0.912. The predicted molar refractivity (Wildman–Crippen MR) is 76.0 cm³/mol. The van der Waals surface area contributed by atoms with Crippen LogP contribution in [0.4, 0.5) is 13.2 Å². The van der Waals surface area contributed by atoms with E-state index in [0.29, 0.717) is 5.56 Å². The number of alkyl halides is 3. The minimum atomic E-state index is -4.37. The van der Waals surface area contributed by atoms with E-state index in [9.17, 15) is 13.2 Å². The van der Waals surface area contributed by atoms with Crippen LogP contribution in [0.3, 0.4) is 0 Å². The Morgan fingerprint density at radius 3 is 2.05 bits per heavy atom. The quantitative estimate of drug-likeness (QED) is 0.763. The van der Waals surface area contributed by atoms with E-state index >= 15 is 0 Å². The molecule has 1 aromatic rings. The number of benzene rings is 1. The van der Waals surface area contributed by atoms with Crippen molar-refractivity contribution < 1.29 is 22.5 Å². The summed E-state index contributed by atoms with van der Waals surface area (Å²) < 4.78 is 50.9. The maximum absolute atomic E-state index is 13.1. The highest BCUT2D eigenvalue weighted by atomic mass is 19.4. The van der Waals surface area contributed by atoms with Gasteiger partial charge in [0.2, 0.25) is 0 Å². The number of hydrogen-bond acceptors (Lipinski definition) is 2. The van der Waals surface area contributed by atoms with E-state index in [2.05, 4.69) is 0 Å². The van der Waals surface area contributed by atoms with Gasteiger partial charge in [0.15, 0.2) is 0 Å². The zero-order valence-corrected chi connectivity index (χ0v) is 13.0. The Labute approximate surface area is 123 Å². The number of hydrogen-bond donors (Lipinski definition) is 0. The third-order valence-electron chi connectivity index (χ3n) is 4.26. The van der Waals surface area contributed by atoms with Crippen molar-refractivity contribution in [2.75, 3.05) is 0 Å². The second-order valence-electron chi connectivity index (χ2n) is 6.55. The molecule has 1 heterocycles. The van der Waals surface area contributed by atoms with Gasteiger partial charge in [0.05, 0.1) is 16.8 Å². The molecule has 116 valence electrons. The SMILES string of the molecule is Cc1ccc(CB2OC(C)(C)C(C)(C)O2)c(C(F)(F)F)c1. The molecule has 0 atom stereocenters. The molecule has 0 N–H and O–H groups in total. The molecule has 2 nitrogen and oxygen atoms in total. The van der Waals surface area contributed by atoms with Crippen molar-refractivity contribution in [3.05, 3.63) is 34.9 Å². The van der Waals surface area contributed by atoms with Crippen LogP contribution in [0.15, 0.2) is 18.2 Å². The highest BCUT2D eigenvalue weighted by molar-refractivity contribution is 6.45. The largest absolute Gasteiger partial charge is 0.462 e. The molecular formula is C15H20BF3O2. The zero-order valence-electron chi connectivity index (χ0n) is 13.0. The summed E-state index contributed by atoms with van der Waals surface area (Å²) in [5.74, 6) is 0. The molecule has 0 saturated carbocycles. The summed E-state index contributed by atoms with van der Waals surface area (Å²) in [7, 11) is -0.668. The third kappa shape index (κ3) is 3.26. The highest BCUT2D eigenvalue weighted by Gasteiger charge is 2.51. The van der Waals surface area contributed by atoms with E-state index in [1.165, 1.54) is 12.1 Å². The van der Waals surface area contributed by atoms with E-state index in [4.69, 9.17) is 9.31 Å². The smallest absolute Gasteiger partial charge is 0.403 e. The fourth-order valence-electron chi connectivity index (χ4n) is 2.36. The van der Waals surface area contributed by atoms with Crippen LogP contribution in [-0.2, 0) is 21.8 Å². The molecule has 1 aromatic carbocycles.